The van der Waals surface area contributed by atoms with Crippen LogP contribution < -0.4 is 0 Å². The molecule has 2 heterocycles. The first-order valence-electron chi connectivity index (χ1n) is 8.04. The predicted octanol–water partition coefficient (Wildman–Crippen LogP) is 6.13. The number of rotatable bonds is 3. The molecule has 0 aliphatic rings. The summed E-state index contributed by atoms with van der Waals surface area (Å²) in [5.41, 5.74) is 5.94. The first-order valence-corrected chi connectivity index (χ1v) is 8.42. The fraction of sp³-hybridized carbons (Fsp3) is 0. The Labute approximate surface area is 151 Å². The van der Waals surface area contributed by atoms with Gasteiger partial charge < -0.3 is 0 Å². The van der Waals surface area contributed by atoms with Crippen LogP contribution in [-0.2, 0) is 0 Å². The highest BCUT2D eigenvalue weighted by Crippen LogP contribution is 2.26. The summed E-state index contributed by atoms with van der Waals surface area (Å²) >= 11 is 5.98. The lowest BCUT2D eigenvalue weighted by Crippen LogP contribution is -1.91. The van der Waals surface area contributed by atoms with E-state index in [9.17, 15) is 0 Å². The summed E-state index contributed by atoms with van der Waals surface area (Å²) in [5.74, 6) is 0. The van der Waals surface area contributed by atoms with E-state index in [-0.39, 0.29) is 0 Å². The molecule has 0 saturated carbocycles. The van der Waals surface area contributed by atoms with Crippen LogP contribution in [0.5, 0.6) is 0 Å². The van der Waals surface area contributed by atoms with Crippen LogP contribution in [-0.4, -0.2) is 9.97 Å². The van der Waals surface area contributed by atoms with Gasteiger partial charge in [0.2, 0.25) is 0 Å². The maximum absolute atomic E-state index is 5.98. The Balaban J connectivity index is 1.73. The maximum atomic E-state index is 5.98. The Kier molecular flexibility index (Phi) is 4.28. The zero-order valence-corrected chi connectivity index (χ0v) is 14.2. The van der Waals surface area contributed by atoms with Crippen molar-refractivity contribution < 1.29 is 0 Å². The van der Waals surface area contributed by atoms with Crippen molar-refractivity contribution in [2.24, 2.45) is 0 Å². The molecular formula is C22H15ClN2. The molecule has 0 bridgehead atoms. The lowest BCUT2D eigenvalue weighted by molar-refractivity contribution is 1.25. The van der Waals surface area contributed by atoms with Crippen LogP contribution in [0.4, 0.5) is 0 Å². The third kappa shape index (κ3) is 3.44. The summed E-state index contributed by atoms with van der Waals surface area (Å²) in [5, 5.41) is 0.732. The Morgan fingerprint density at radius 2 is 1.32 bits per heavy atom. The van der Waals surface area contributed by atoms with Gasteiger partial charge in [-0.25, -0.2) is 4.98 Å². The van der Waals surface area contributed by atoms with Gasteiger partial charge in [0.15, 0.2) is 0 Å². The molecule has 2 aromatic heterocycles. The van der Waals surface area contributed by atoms with Crippen LogP contribution in [0.1, 0.15) is 0 Å². The van der Waals surface area contributed by atoms with Gasteiger partial charge in [0.1, 0.15) is 0 Å². The van der Waals surface area contributed by atoms with Crippen molar-refractivity contribution in [1.29, 1.82) is 0 Å². The second kappa shape index (κ2) is 6.88. The van der Waals surface area contributed by atoms with Crippen molar-refractivity contribution >= 4 is 11.6 Å². The van der Waals surface area contributed by atoms with Crippen molar-refractivity contribution in [2.45, 2.75) is 0 Å². The average Bonchev–Trinajstić information content (AvgIpc) is 2.69. The minimum atomic E-state index is 0.732. The van der Waals surface area contributed by atoms with E-state index in [1.54, 1.807) is 0 Å². The Morgan fingerprint density at radius 1 is 0.560 bits per heavy atom. The van der Waals surface area contributed by atoms with Gasteiger partial charge in [-0.15, -0.1) is 0 Å². The second-order valence-corrected chi connectivity index (χ2v) is 6.15. The number of hydrogen-bond acceptors (Lipinski definition) is 2. The van der Waals surface area contributed by atoms with Crippen molar-refractivity contribution in [1.82, 2.24) is 9.97 Å². The summed E-state index contributed by atoms with van der Waals surface area (Å²) in [6.45, 7) is 0. The van der Waals surface area contributed by atoms with Crippen LogP contribution in [0.2, 0.25) is 5.02 Å². The third-order valence-corrected chi connectivity index (χ3v) is 4.27. The topological polar surface area (TPSA) is 25.8 Å². The smallest absolute Gasteiger partial charge is 0.0893 e. The average molecular weight is 343 g/mol. The molecule has 4 rings (SSSR count). The molecule has 0 spiro atoms. The Morgan fingerprint density at radius 3 is 2.12 bits per heavy atom. The molecule has 0 fully saturated rings. The molecule has 0 saturated heterocycles. The van der Waals surface area contributed by atoms with Gasteiger partial charge >= 0.3 is 0 Å². The minimum Gasteiger partial charge on any atom is -0.255 e. The number of hydrogen-bond donors (Lipinski definition) is 0. The molecule has 0 aliphatic carbocycles. The van der Waals surface area contributed by atoms with Crippen molar-refractivity contribution in [3.05, 3.63) is 96.1 Å². The number of benzene rings is 2. The van der Waals surface area contributed by atoms with Crippen molar-refractivity contribution in [2.75, 3.05) is 0 Å². The largest absolute Gasteiger partial charge is 0.255 e. The van der Waals surface area contributed by atoms with Gasteiger partial charge in [-0.05, 0) is 47.5 Å². The summed E-state index contributed by atoms with van der Waals surface area (Å²) in [6.07, 6.45) is 1.82. The van der Waals surface area contributed by atoms with E-state index in [2.05, 4.69) is 23.2 Å². The van der Waals surface area contributed by atoms with Crippen molar-refractivity contribution in [3.8, 4) is 33.8 Å². The lowest BCUT2D eigenvalue weighted by Gasteiger charge is -2.07. The minimum absolute atomic E-state index is 0.732. The van der Waals surface area contributed by atoms with E-state index >= 15 is 0 Å². The monoisotopic (exact) mass is 342 g/mol. The third-order valence-electron chi connectivity index (χ3n) is 4.02. The first kappa shape index (κ1) is 15.6. The fourth-order valence-corrected chi connectivity index (χ4v) is 2.87. The zero-order chi connectivity index (χ0) is 17.1. The van der Waals surface area contributed by atoms with E-state index in [0.29, 0.717) is 0 Å². The number of pyridine rings is 2. The van der Waals surface area contributed by atoms with Crippen LogP contribution in [0, 0.1) is 0 Å². The summed E-state index contributed by atoms with van der Waals surface area (Å²) in [7, 11) is 0. The van der Waals surface area contributed by atoms with Gasteiger partial charge in [0, 0.05) is 16.8 Å². The summed E-state index contributed by atoms with van der Waals surface area (Å²) in [6, 6.07) is 28.0. The molecule has 0 unspecified atom stereocenters. The molecule has 2 aromatic carbocycles. The van der Waals surface area contributed by atoms with Gasteiger partial charge in [-0.3, -0.25) is 4.98 Å². The van der Waals surface area contributed by atoms with Crippen LogP contribution in [0.25, 0.3) is 33.8 Å². The molecular weight excluding hydrogens is 328 g/mol. The van der Waals surface area contributed by atoms with Gasteiger partial charge in [-0.1, -0.05) is 60.1 Å². The predicted molar refractivity (Wildman–Crippen MR) is 103 cm³/mol. The van der Waals surface area contributed by atoms with Gasteiger partial charge in [0.25, 0.3) is 0 Å². The molecule has 0 amide bonds. The Hall–Kier alpha value is -2.97. The van der Waals surface area contributed by atoms with Gasteiger partial charge in [0.05, 0.1) is 17.1 Å². The van der Waals surface area contributed by atoms with Crippen molar-refractivity contribution in [3.63, 3.8) is 0 Å². The zero-order valence-electron chi connectivity index (χ0n) is 13.4. The highest BCUT2D eigenvalue weighted by molar-refractivity contribution is 6.30. The molecule has 120 valence electrons. The summed E-state index contributed by atoms with van der Waals surface area (Å²) < 4.78 is 0. The van der Waals surface area contributed by atoms with E-state index in [1.165, 1.54) is 0 Å². The lowest BCUT2D eigenvalue weighted by atomic mass is 10.0. The van der Waals surface area contributed by atoms with E-state index in [0.717, 1.165) is 38.8 Å². The number of nitrogens with zero attached hydrogens (tertiary/aromatic N) is 2. The first-order chi connectivity index (χ1) is 12.3. The van der Waals surface area contributed by atoms with Crippen LogP contribution in [0.3, 0.4) is 0 Å². The molecule has 25 heavy (non-hydrogen) atoms. The Bertz CT molecular complexity index is 996. The molecule has 4 aromatic rings. The quantitative estimate of drug-likeness (QED) is 0.447. The fourth-order valence-electron chi connectivity index (χ4n) is 2.74. The highest BCUT2D eigenvalue weighted by Gasteiger charge is 2.06. The van der Waals surface area contributed by atoms with E-state index < -0.39 is 0 Å². The summed E-state index contributed by atoms with van der Waals surface area (Å²) in [4.78, 5) is 9.28. The molecule has 2 nitrogen and oxygen atoms in total. The molecule has 0 N–H and O–H groups in total. The number of aromatic nitrogens is 2. The normalized spacial score (nSPS) is 10.6. The van der Waals surface area contributed by atoms with E-state index in [4.69, 9.17) is 16.6 Å². The second-order valence-electron chi connectivity index (χ2n) is 5.71. The maximum Gasteiger partial charge on any atom is 0.0893 e. The molecule has 0 radical (unpaired) electrons. The van der Waals surface area contributed by atoms with Crippen LogP contribution in [0.15, 0.2) is 91.1 Å². The van der Waals surface area contributed by atoms with Crippen LogP contribution >= 0.6 is 11.6 Å². The molecule has 0 aliphatic heterocycles. The van der Waals surface area contributed by atoms with Gasteiger partial charge in [-0.2, -0.15) is 0 Å². The van der Waals surface area contributed by atoms with E-state index in [1.807, 2.05) is 72.9 Å². The highest BCUT2D eigenvalue weighted by atomic mass is 35.5. The molecule has 3 heteroatoms. The SMILES string of the molecule is Clc1ccc(-c2ccnc(-c3cccc(-c4ccccc4)n3)c2)cc1. The standard InChI is InChI=1S/C22H15ClN2/c23-19-11-9-16(10-12-19)18-13-14-24-22(15-18)21-8-4-7-20(25-21)17-5-2-1-3-6-17/h1-15H. The number of halogens is 1. The molecule has 0 atom stereocenters.